The summed E-state index contributed by atoms with van der Waals surface area (Å²) in [6.45, 7) is 3.27. The van der Waals surface area contributed by atoms with E-state index in [2.05, 4.69) is 5.32 Å². The Morgan fingerprint density at radius 3 is 2.64 bits per heavy atom. The molecule has 0 radical (unpaired) electrons. The second-order valence-corrected chi connectivity index (χ2v) is 6.17. The molecule has 2 rings (SSSR count). The van der Waals surface area contributed by atoms with Gasteiger partial charge in [0.05, 0.1) is 12.3 Å². The Kier molecular flexibility index (Phi) is 6.67. The van der Waals surface area contributed by atoms with E-state index in [1.165, 1.54) is 25.3 Å². The largest absolute Gasteiger partial charge is 0.465 e. The number of rotatable bonds is 6. The summed E-state index contributed by atoms with van der Waals surface area (Å²) in [4.78, 5) is 23.9. The molecular formula is C18H17Cl2NO4. The number of halogens is 2. The van der Waals surface area contributed by atoms with Gasteiger partial charge in [-0.15, -0.1) is 0 Å². The fourth-order valence-electron chi connectivity index (χ4n) is 2.06. The molecule has 1 N–H and O–H groups in total. The summed E-state index contributed by atoms with van der Waals surface area (Å²) in [6, 6.07) is 8.05. The average Bonchev–Trinajstić information content (AvgIpc) is 3.06. The first kappa shape index (κ1) is 19.1. The molecule has 1 aromatic carbocycles. The zero-order valence-electron chi connectivity index (χ0n) is 13.7. The Hall–Kier alpha value is -2.24. The van der Waals surface area contributed by atoms with Crippen LogP contribution in [0.25, 0.3) is 6.08 Å². The minimum absolute atomic E-state index is 0.364. The molecule has 0 saturated carbocycles. The molecule has 132 valence electrons. The van der Waals surface area contributed by atoms with Gasteiger partial charge in [0.25, 0.3) is 5.91 Å². The van der Waals surface area contributed by atoms with Crippen molar-refractivity contribution in [1.82, 2.24) is 5.32 Å². The van der Waals surface area contributed by atoms with Gasteiger partial charge < -0.3 is 14.5 Å². The normalized spacial score (nSPS) is 13.4. The van der Waals surface area contributed by atoms with Crippen LogP contribution in [0, 0.1) is 0 Å². The molecule has 2 aromatic rings. The fraction of sp³-hybridized carbons (Fsp3) is 0.222. The fourth-order valence-corrected chi connectivity index (χ4v) is 2.64. The van der Waals surface area contributed by atoms with Crippen LogP contribution in [0.15, 0.2) is 47.1 Å². The molecule has 0 unspecified atom stereocenters. The van der Waals surface area contributed by atoms with Gasteiger partial charge in [-0.25, -0.2) is 4.79 Å². The summed E-state index contributed by atoms with van der Waals surface area (Å²) in [7, 11) is 0. The maximum Gasteiger partial charge on any atom is 0.331 e. The van der Waals surface area contributed by atoms with Crippen LogP contribution >= 0.6 is 23.2 Å². The topological polar surface area (TPSA) is 68.5 Å². The molecule has 0 fully saturated rings. The third kappa shape index (κ3) is 5.66. The Morgan fingerprint density at radius 2 is 2.00 bits per heavy atom. The van der Waals surface area contributed by atoms with Crippen LogP contribution in [-0.2, 0) is 14.3 Å². The van der Waals surface area contributed by atoms with Crippen molar-refractivity contribution in [2.45, 2.75) is 26.0 Å². The molecule has 1 aromatic heterocycles. The van der Waals surface area contributed by atoms with Crippen molar-refractivity contribution in [2.24, 2.45) is 0 Å². The van der Waals surface area contributed by atoms with Gasteiger partial charge in [0.15, 0.2) is 6.10 Å². The Morgan fingerprint density at radius 1 is 1.24 bits per heavy atom. The van der Waals surface area contributed by atoms with E-state index in [0.29, 0.717) is 15.8 Å². The first-order chi connectivity index (χ1) is 11.9. The van der Waals surface area contributed by atoms with Gasteiger partial charge in [0.1, 0.15) is 5.76 Å². The molecule has 1 amide bonds. The third-order valence-electron chi connectivity index (χ3n) is 3.38. The van der Waals surface area contributed by atoms with Crippen LogP contribution in [0.5, 0.6) is 0 Å². The number of amides is 1. The highest BCUT2D eigenvalue weighted by Crippen LogP contribution is 2.26. The maximum atomic E-state index is 12.2. The lowest BCUT2D eigenvalue weighted by Crippen LogP contribution is -2.37. The molecule has 0 aliphatic heterocycles. The number of hydrogen-bond donors (Lipinski definition) is 1. The number of hydrogen-bond acceptors (Lipinski definition) is 4. The maximum absolute atomic E-state index is 12.2. The zero-order chi connectivity index (χ0) is 18.4. The predicted octanol–water partition coefficient (Wildman–Crippen LogP) is 4.41. The van der Waals surface area contributed by atoms with Crippen molar-refractivity contribution in [1.29, 1.82) is 0 Å². The Balaban J connectivity index is 1.89. The van der Waals surface area contributed by atoms with Gasteiger partial charge in [0, 0.05) is 16.1 Å². The van der Waals surface area contributed by atoms with Crippen LogP contribution in [0.2, 0.25) is 10.0 Å². The number of esters is 1. The van der Waals surface area contributed by atoms with Gasteiger partial charge in [-0.2, -0.15) is 0 Å². The zero-order valence-corrected chi connectivity index (χ0v) is 15.2. The molecule has 5 nitrogen and oxygen atoms in total. The second kappa shape index (κ2) is 8.74. The SMILES string of the molecule is C[C@H](NC(=O)[C@@H](C)OC(=O)/C=C/c1ccco1)c1ccc(Cl)cc1Cl. The van der Waals surface area contributed by atoms with E-state index < -0.39 is 18.0 Å². The molecule has 25 heavy (non-hydrogen) atoms. The highest BCUT2D eigenvalue weighted by Gasteiger charge is 2.20. The molecule has 0 aliphatic rings. The highest BCUT2D eigenvalue weighted by molar-refractivity contribution is 6.35. The van der Waals surface area contributed by atoms with Gasteiger partial charge >= 0.3 is 5.97 Å². The van der Waals surface area contributed by atoms with Crippen LogP contribution in [0.1, 0.15) is 31.2 Å². The summed E-state index contributed by atoms with van der Waals surface area (Å²) in [5.74, 6) is -0.561. The van der Waals surface area contributed by atoms with Crippen LogP contribution < -0.4 is 5.32 Å². The summed E-state index contributed by atoms with van der Waals surface area (Å²) in [5, 5.41) is 3.71. The van der Waals surface area contributed by atoms with E-state index in [4.69, 9.17) is 32.4 Å². The smallest absolute Gasteiger partial charge is 0.331 e. The number of carbonyl (C=O) groups is 2. The number of nitrogens with one attached hydrogen (secondary N) is 1. The van der Waals surface area contributed by atoms with Crippen LogP contribution in [-0.4, -0.2) is 18.0 Å². The van der Waals surface area contributed by atoms with Gasteiger partial charge in [0.2, 0.25) is 0 Å². The van der Waals surface area contributed by atoms with E-state index in [-0.39, 0.29) is 6.04 Å². The third-order valence-corrected chi connectivity index (χ3v) is 3.94. The molecule has 0 bridgehead atoms. The Bertz CT molecular complexity index is 771. The van der Waals surface area contributed by atoms with Crippen molar-refractivity contribution < 1.29 is 18.7 Å². The lowest BCUT2D eigenvalue weighted by molar-refractivity contribution is -0.150. The lowest BCUT2D eigenvalue weighted by Gasteiger charge is -2.19. The molecule has 2 atom stereocenters. The van der Waals surface area contributed by atoms with E-state index in [0.717, 1.165) is 5.56 Å². The van der Waals surface area contributed by atoms with Gasteiger partial charge in [-0.05, 0) is 49.8 Å². The molecular weight excluding hydrogens is 365 g/mol. The minimum Gasteiger partial charge on any atom is -0.465 e. The van der Waals surface area contributed by atoms with Crippen molar-refractivity contribution in [3.63, 3.8) is 0 Å². The van der Waals surface area contributed by atoms with E-state index >= 15 is 0 Å². The summed E-state index contributed by atoms with van der Waals surface area (Å²) in [6.07, 6.45) is 3.19. The van der Waals surface area contributed by atoms with Gasteiger partial charge in [-0.1, -0.05) is 29.3 Å². The quantitative estimate of drug-likeness (QED) is 0.594. The predicted molar refractivity (Wildman–Crippen MR) is 96.3 cm³/mol. The standard InChI is InChI=1S/C18H17Cl2NO4/c1-11(15-7-5-13(19)10-16(15)20)21-18(23)12(2)25-17(22)8-6-14-4-3-9-24-14/h3-12H,1-2H3,(H,21,23)/b8-6+/t11-,12+/m0/s1. The summed E-state index contributed by atoms with van der Waals surface area (Å²) >= 11 is 12.0. The monoisotopic (exact) mass is 381 g/mol. The summed E-state index contributed by atoms with van der Waals surface area (Å²) in [5.41, 5.74) is 0.718. The van der Waals surface area contributed by atoms with Gasteiger partial charge in [-0.3, -0.25) is 4.79 Å². The Labute approximate surface area is 155 Å². The summed E-state index contributed by atoms with van der Waals surface area (Å²) < 4.78 is 10.1. The van der Waals surface area contributed by atoms with Crippen molar-refractivity contribution in [2.75, 3.05) is 0 Å². The van der Waals surface area contributed by atoms with E-state index in [9.17, 15) is 9.59 Å². The first-order valence-corrected chi connectivity index (χ1v) is 8.30. The van der Waals surface area contributed by atoms with Crippen molar-refractivity contribution in [3.05, 3.63) is 64.0 Å². The number of carbonyl (C=O) groups excluding carboxylic acids is 2. The minimum atomic E-state index is -0.956. The molecule has 0 spiro atoms. The lowest BCUT2D eigenvalue weighted by atomic mass is 10.1. The van der Waals surface area contributed by atoms with Crippen LogP contribution in [0.4, 0.5) is 0 Å². The van der Waals surface area contributed by atoms with Crippen molar-refractivity contribution in [3.8, 4) is 0 Å². The second-order valence-electron chi connectivity index (χ2n) is 5.32. The average molecular weight is 382 g/mol. The number of benzene rings is 1. The van der Waals surface area contributed by atoms with E-state index in [1.807, 2.05) is 0 Å². The number of ether oxygens (including phenoxy) is 1. The molecule has 7 heteroatoms. The molecule has 1 heterocycles. The van der Waals surface area contributed by atoms with E-state index in [1.54, 1.807) is 37.3 Å². The number of furan rings is 1. The van der Waals surface area contributed by atoms with Crippen LogP contribution in [0.3, 0.4) is 0 Å². The molecule has 0 saturated heterocycles. The highest BCUT2D eigenvalue weighted by atomic mass is 35.5. The van der Waals surface area contributed by atoms with Crippen molar-refractivity contribution >= 4 is 41.2 Å². The first-order valence-electron chi connectivity index (χ1n) is 7.54. The molecule has 0 aliphatic carbocycles.